The van der Waals surface area contributed by atoms with Gasteiger partial charge in [0.05, 0.1) is 19.3 Å². The van der Waals surface area contributed by atoms with Gasteiger partial charge in [0.2, 0.25) is 5.91 Å². The van der Waals surface area contributed by atoms with Crippen molar-refractivity contribution in [1.29, 1.82) is 0 Å². The van der Waals surface area contributed by atoms with E-state index in [4.69, 9.17) is 4.74 Å². The predicted octanol–water partition coefficient (Wildman–Crippen LogP) is 1.10. The zero-order valence-electron chi connectivity index (χ0n) is 13.7. The number of hydrogen-bond acceptors (Lipinski definition) is 4. The Morgan fingerprint density at radius 1 is 1.43 bits per heavy atom. The molecule has 5 nitrogen and oxygen atoms in total. The Hall–Kier alpha value is -0.860. The van der Waals surface area contributed by atoms with Crippen LogP contribution in [0.3, 0.4) is 0 Å². The van der Waals surface area contributed by atoms with Crippen molar-refractivity contribution in [3.05, 3.63) is 0 Å². The highest BCUT2D eigenvalue weighted by molar-refractivity contribution is 5.83. The summed E-state index contributed by atoms with van der Waals surface area (Å²) in [6.07, 6.45) is -3.60. The van der Waals surface area contributed by atoms with E-state index in [-0.39, 0.29) is 24.0 Å². The zero-order valence-corrected chi connectivity index (χ0v) is 13.7. The molecule has 0 aliphatic carbocycles. The van der Waals surface area contributed by atoms with E-state index in [0.717, 1.165) is 6.42 Å². The van der Waals surface area contributed by atoms with E-state index in [1.54, 1.807) is 11.8 Å². The Kier molecular flexibility index (Phi) is 6.27. The van der Waals surface area contributed by atoms with Gasteiger partial charge in [-0.2, -0.15) is 13.2 Å². The van der Waals surface area contributed by atoms with Gasteiger partial charge >= 0.3 is 6.18 Å². The lowest BCUT2D eigenvalue weighted by Gasteiger charge is -2.32. The van der Waals surface area contributed by atoms with E-state index in [9.17, 15) is 18.0 Å². The summed E-state index contributed by atoms with van der Waals surface area (Å²) in [4.78, 5) is 15.7. The maximum atomic E-state index is 12.5. The molecule has 0 aromatic rings. The molecule has 2 aliphatic rings. The molecule has 2 aliphatic heterocycles. The van der Waals surface area contributed by atoms with Gasteiger partial charge in [-0.1, -0.05) is 6.92 Å². The Labute approximate surface area is 135 Å². The fourth-order valence-corrected chi connectivity index (χ4v) is 3.31. The molecule has 0 bridgehead atoms. The SMILES string of the molecule is CCN(CC1CCN(C(=O)[C@H]2NCCO[C@@H]2C)C1)CC(F)(F)F. The molecule has 0 saturated carbocycles. The summed E-state index contributed by atoms with van der Waals surface area (Å²) in [6.45, 7) is 5.82. The van der Waals surface area contributed by atoms with Crippen LogP contribution in [-0.4, -0.2) is 79.9 Å². The summed E-state index contributed by atoms with van der Waals surface area (Å²) in [6, 6.07) is -0.347. The topological polar surface area (TPSA) is 44.8 Å². The van der Waals surface area contributed by atoms with Crippen LogP contribution in [0.25, 0.3) is 0 Å². The number of nitrogens with zero attached hydrogens (tertiary/aromatic N) is 2. The zero-order chi connectivity index (χ0) is 17.0. The lowest BCUT2D eigenvalue weighted by atomic mass is 10.1. The smallest absolute Gasteiger partial charge is 0.375 e. The van der Waals surface area contributed by atoms with Gasteiger partial charge < -0.3 is 15.0 Å². The Bertz CT molecular complexity index is 406. The number of alkyl halides is 3. The summed E-state index contributed by atoms with van der Waals surface area (Å²) in [5, 5.41) is 3.17. The largest absolute Gasteiger partial charge is 0.401 e. The van der Waals surface area contributed by atoms with Crippen LogP contribution in [0.4, 0.5) is 13.2 Å². The van der Waals surface area contributed by atoms with Crippen LogP contribution in [0.2, 0.25) is 0 Å². The number of morpholine rings is 1. The third-order valence-corrected chi connectivity index (χ3v) is 4.55. The van der Waals surface area contributed by atoms with Crippen molar-refractivity contribution < 1.29 is 22.7 Å². The maximum absolute atomic E-state index is 12.5. The standard InChI is InChI=1S/C15H26F3N3O2/c1-3-20(10-15(16,17)18)8-12-4-6-21(9-12)14(22)13-11(2)23-7-5-19-13/h11-13,19H,3-10H2,1-2H3/t11-,12?,13+/m1/s1. The normalized spacial score (nSPS) is 29.3. The molecule has 8 heteroatoms. The second-order valence-electron chi connectivity index (χ2n) is 6.39. The van der Waals surface area contributed by atoms with Crippen molar-refractivity contribution in [2.24, 2.45) is 5.92 Å². The predicted molar refractivity (Wildman–Crippen MR) is 80.1 cm³/mol. The van der Waals surface area contributed by atoms with Gasteiger partial charge in [0, 0.05) is 26.2 Å². The van der Waals surface area contributed by atoms with E-state index >= 15 is 0 Å². The van der Waals surface area contributed by atoms with Gasteiger partial charge in [-0.05, 0) is 25.8 Å². The number of ether oxygens (including phenoxy) is 1. The number of carbonyl (C=O) groups excluding carboxylic acids is 1. The molecule has 134 valence electrons. The lowest BCUT2D eigenvalue weighted by molar-refractivity contribution is -0.147. The Morgan fingerprint density at radius 2 is 2.17 bits per heavy atom. The summed E-state index contributed by atoms with van der Waals surface area (Å²) in [5.74, 6) is 0.0969. The third-order valence-electron chi connectivity index (χ3n) is 4.55. The van der Waals surface area contributed by atoms with Crippen molar-refractivity contribution in [3.8, 4) is 0 Å². The average Bonchev–Trinajstić information content (AvgIpc) is 2.93. The van der Waals surface area contributed by atoms with Crippen LogP contribution in [0.1, 0.15) is 20.3 Å². The van der Waals surface area contributed by atoms with Crippen LogP contribution >= 0.6 is 0 Å². The summed E-state index contributed by atoms with van der Waals surface area (Å²) < 4.78 is 43.1. The number of amides is 1. The third kappa shape index (κ3) is 5.32. The lowest BCUT2D eigenvalue weighted by Crippen LogP contribution is -2.56. The number of carbonyl (C=O) groups is 1. The fraction of sp³-hybridized carbons (Fsp3) is 0.933. The molecule has 0 aromatic carbocycles. The van der Waals surface area contributed by atoms with E-state index in [1.807, 2.05) is 6.92 Å². The minimum atomic E-state index is -4.18. The monoisotopic (exact) mass is 337 g/mol. The molecule has 2 saturated heterocycles. The van der Waals surface area contributed by atoms with Crippen LogP contribution in [0.5, 0.6) is 0 Å². The van der Waals surface area contributed by atoms with Gasteiger partial charge in [-0.25, -0.2) is 0 Å². The Balaban J connectivity index is 1.84. The van der Waals surface area contributed by atoms with Crippen LogP contribution in [-0.2, 0) is 9.53 Å². The molecule has 1 N–H and O–H groups in total. The molecular formula is C15H26F3N3O2. The second kappa shape index (κ2) is 7.81. The molecule has 23 heavy (non-hydrogen) atoms. The maximum Gasteiger partial charge on any atom is 0.401 e. The van der Waals surface area contributed by atoms with Crippen molar-refractivity contribution in [1.82, 2.24) is 15.1 Å². The van der Waals surface area contributed by atoms with Gasteiger partial charge in [0.1, 0.15) is 6.04 Å². The molecule has 2 heterocycles. The highest BCUT2D eigenvalue weighted by Gasteiger charge is 2.37. The number of hydrogen-bond donors (Lipinski definition) is 1. The van der Waals surface area contributed by atoms with Crippen LogP contribution in [0.15, 0.2) is 0 Å². The highest BCUT2D eigenvalue weighted by Crippen LogP contribution is 2.22. The van der Waals surface area contributed by atoms with E-state index in [1.165, 1.54) is 4.90 Å². The summed E-state index contributed by atoms with van der Waals surface area (Å²) in [7, 11) is 0. The first kappa shape index (κ1) is 18.5. The highest BCUT2D eigenvalue weighted by atomic mass is 19.4. The quantitative estimate of drug-likeness (QED) is 0.816. The molecular weight excluding hydrogens is 311 g/mol. The van der Waals surface area contributed by atoms with Gasteiger partial charge in [0.15, 0.2) is 0 Å². The minimum Gasteiger partial charge on any atom is -0.375 e. The molecule has 0 aromatic heterocycles. The number of halogens is 3. The summed E-state index contributed by atoms with van der Waals surface area (Å²) in [5.41, 5.74) is 0. The second-order valence-corrected chi connectivity index (χ2v) is 6.39. The van der Waals surface area contributed by atoms with Crippen molar-refractivity contribution in [2.75, 3.05) is 45.9 Å². The first-order valence-corrected chi connectivity index (χ1v) is 8.23. The number of rotatable bonds is 5. The van der Waals surface area contributed by atoms with E-state index < -0.39 is 12.7 Å². The van der Waals surface area contributed by atoms with E-state index in [0.29, 0.717) is 39.3 Å². The van der Waals surface area contributed by atoms with Gasteiger partial charge in [-0.15, -0.1) is 0 Å². The first-order valence-electron chi connectivity index (χ1n) is 8.23. The van der Waals surface area contributed by atoms with Gasteiger partial charge in [-0.3, -0.25) is 9.69 Å². The van der Waals surface area contributed by atoms with Crippen molar-refractivity contribution in [3.63, 3.8) is 0 Å². The molecule has 1 amide bonds. The van der Waals surface area contributed by atoms with Crippen LogP contribution < -0.4 is 5.32 Å². The molecule has 0 radical (unpaired) electrons. The van der Waals surface area contributed by atoms with Crippen molar-refractivity contribution in [2.45, 2.75) is 38.6 Å². The van der Waals surface area contributed by atoms with Crippen LogP contribution in [0, 0.1) is 5.92 Å². The molecule has 3 atom stereocenters. The number of nitrogens with one attached hydrogen (secondary N) is 1. The average molecular weight is 337 g/mol. The molecule has 2 fully saturated rings. The number of likely N-dealkylation sites (tertiary alicyclic amines) is 1. The molecule has 2 rings (SSSR count). The first-order chi connectivity index (χ1) is 10.8. The minimum absolute atomic E-state index is 0.00132. The Morgan fingerprint density at radius 3 is 2.78 bits per heavy atom. The molecule has 1 unspecified atom stereocenters. The van der Waals surface area contributed by atoms with E-state index in [2.05, 4.69) is 5.32 Å². The fourth-order valence-electron chi connectivity index (χ4n) is 3.31. The van der Waals surface area contributed by atoms with Crippen molar-refractivity contribution >= 4 is 5.91 Å². The van der Waals surface area contributed by atoms with Gasteiger partial charge in [0.25, 0.3) is 0 Å². The molecule has 0 spiro atoms. The summed E-state index contributed by atoms with van der Waals surface area (Å²) >= 11 is 0.